The number of rotatable bonds is 4. The van der Waals surface area contributed by atoms with Crippen LogP contribution in [0.15, 0.2) is 0 Å². The van der Waals surface area contributed by atoms with Gasteiger partial charge in [0, 0.05) is 37.7 Å². The highest BCUT2D eigenvalue weighted by Gasteiger charge is 2.36. The van der Waals surface area contributed by atoms with Crippen LogP contribution in [0.4, 0.5) is 11.8 Å². The summed E-state index contributed by atoms with van der Waals surface area (Å²) in [6.07, 6.45) is 8.58. The number of nitrogen functional groups attached to an aromatic ring is 1. The van der Waals surface area contributed by atoms with Crippen LogP contribution < -0.4 is 10.6 Å². The molecule has 25 heavy (non-hydrogen) atoms. The Labute approximate surface area is 150 Å². The van der Waals surface area contributed by atoms with Gasteiger partial charge in [0.05, 0.1) is 5.69 Å². The summed E-state index contributed by atoms with van der Waals surface area (Å²) in [5.41, 5.74) is 8.39. The third-order valence-corrected chi connectivity index (χ3v) is 6.23. The van der Waals surface area contributed by atoms with E-state index in [1.165, 1.54) is 44.3 Å². The topological polar surface area (TPSA) is 78.5 Å². The van der Waals surface area contributed by atoms with Crippen LogP contribution in [0.25, 0.3) is 0 Å². The molecule has 0 aromatic carbocycles. The van der Waals surface area contributed by atoms with E-state index in [2.05, 4.69) is 19.8 Å². The van der Waals surface area contributed by atoms with Gasteiger partial charge in [0.2, 0.25) is 5.95 Å². The minimum Gasteiger partial charge on any atom is -0.396 e. The zero-order valence-corrected chi connectivity index (χ0v) is 15.2. The average molecular weight is 345 g/mol. The maximum atomic E-state index is 9.93. The zero-order chi connectivity index (χ0) is 17.2. The zero-order valence-electron chi connectivity index (χ0n) is 15.2. The van der Waals surface area contributed by atoms with Crippen molar-refractivity contribution >= 4 is 11.8 Å². The maximum absolute atomic E-state index is 9.93. The number of aromatic nitrogens is 2. The third kappa shape index (κ3) is 3.60. The lowest BCUT2D eigenvalue weighted by Gasteiger charge is -2.26. The van der Waals surface area contributed by atoms with Crippen molar-refractivity contribution in [3.63, 3.8) is 0 Å². The number of aliphatic hydroxyl groups excluding tert-OH is 1. The van der Waals surface area contributed by atoms with Crippen molar-refractivity contribution in [3.8, 4) is 0 Å². The second-order valence-corrected chi connectivity index (χ2v) is 8.01. The number of hydrogen-bond donors (Lipinski definition) is 2. The molecular weight excluding hydrogens is 314 g/mol. The Balaban J connectivity index is 1.50. The molecule has 0 unspecified atom stereocenters. The highest BCUT2D eigenvalue weighted by molar-refractivity contribution is 5.54. The molecule has 1 aromatic rings. The number of nitrogens with two attached hydrogens (primary N) is 1. The number of nitrogens with zero attached hydrogens (tertiary/aromatic N) is 4. The molecule has 2 atom stereocenters. The van der Waals surface area contributed by atoms with Gasteiger partial charge in [-0.2, -0.15) is 4.98 Å². The van der Waals surface area contributed by atoms with Gasteiger partial charge in [0.25, 0.3) is 0 Å². The van der Waals surface area contributed by atoms with Crippen molar-refractivity contribution in [1.29, 1.82) is 0 Å². The van der Waals surface area contributed by atoms with Gasteiger partial charge in [0.1, 0.15) is 5.82 Å². The molecule has 0 saturated carbocycles. The molecule has 2 saturated heterocycles. The molecule has 138 valence electrons. The Morgan fingerprint density at radius 1 is 0.960 bits per heavy atom. The molecule has 2 aliphatic heterocycles. The van der Waals surface area contributed by atoms with Crippen molar-refractivity contribution < 1.29 is 5.11 Å². The van der Waals surface area contributed by atoms with E-state index in [1.807, 2.05) is 0 Å². The first kappa shape index (κ1) is 17.0. The largest absolute Gasteiger partial charge is 0.396 e. The highest BCUT2D eigenvalue weighted by Crippen LogP contribution is 2.34. The monoisotopic (exact) mass is 345 g/mol. The van der Waals surface area contributed by atoms with E-state index in [9.17, 15) is 5.11 Å². The summed E-state index contributed by atoms with van der Waals surface area (Å²) in [6.45, 7) is 5.65. The molecule has 1 aliphatic carbocycles. The van der Waals surface area contributed by atoms with Crippen molar-refractivity contribution in [3.05, 3.63) is 11.3 Å². The highest BCUT2D eigenvalue weighted by atomic mass is 16.3. The molecule has 3 N–H and O–H groups in total. The molecule has 3 aliphatic rings. The fraction of sp³-hybridized carbons (Fsp3) is 0.789. The Hall–Kier alpha value is -1.40. The summed E-state index contributed by atoms with van der Waals surface area (Å²) >= 11 is 0. The van der Waals surface area contributed by atoms with E-state index >= 15 is 0 Å². The van der Waals surface area contributed by atoms with Crippen LogP contribution in [0.3, 0.4) is 0 Å². The van der Waals surface area contributed by atoms with Crippen LogP contribution in [0.1, 0.15) is 43.4 Å². The standard InChI is InChI=1S/C19H31N5O/c20-19-21-17-7-5-6-16(17)18(22-19)24-11-14(15(12-24)13-25)10-23-8-3-1-2-4-9-23/h14-15,25H,1-13H2,(H2,20,21,22)/t14-,15-/m1/s1. The van der Waals surface area contributed by atoms with Gasteiger partial charge in [-0.15, -0.1) is 0 Å². The van der Waals surface area contributed by atoms with Crippen LogP contribution in [0.5, 0.6) is 0 Å². The molecule has 0 amide bonds. The molecule has 1 aromatic heterocycles. The molecule has 6 nitrogen and oxygen atoms in total. The van der Waals surface area contributed by atoms with Crippen molar-refractivity contribution in [2.45, 2.75) is 44.9 Å². The summed E-state index contributed by atoms with van der Waals surface area (Å²) in [5, 5.41) is 9.93. The van der Waals surface area contributed by atoms with E-state index in [0.29, 0.717) is 17.8 Å². The molecule has 0 radical (unpaired) electrons. The molecule has 4 rings (SSSR count). The lowest BCUT2D eigenvalue weighted by atomic mass is 9.96. The molecule has 3 heterocycles. The number of hydrogen-bond acceptors (Lipinski definition) is 6. The first-order valence-electron chi connectivity index (χ1n) is 9.98. The van der Waals surface area contributed by atoms with Crippen LogP contribution in [0.2, 0.25) is 0 Å². The summed E-state index contributed by atoms with van der Waals surface area (Å²) in [5.74, 6) is 2.27. The second kappa shape index (κ2) is 7.46. The number of aryl methyl sites for hydroxylation is 1. The van der Waals surface area contributed by atoms with Crippen molar-refractivity contribution in [2.75, 3.05) is 50.0 Å². The van der Waals surface area contributed by atoms with Gasteiger partial charge in [-0.05, 0) is 51.1 Å². The van der Waals surface area contributed by atoms with Crippen molar-refractivity contribution in [1.82, 2.24) is 14.9 Å². The van der Waals surface area contributed by atoms with E-state index in [1.54, 1.807) is 0 Å². The lowest BCUT2D eigenvalue weighted by Crippen LogP contribution is -2.34. The smallest absolute Gasteiger partial charge is 0.222 e. The fourth-order valence-electron chi connectivity index (χ4n) is 4.87. The minimum absolute atomic E-state index is 0.262. The van der Waals surface area contributed by atoms with E-state index in [4.69, 9.17) is 5.73 Å². The lowest BCUT2D eigenvalue weighted by molar-refractivity contribution is 0.165. The van der Waals surface area contributed by atoms with E-state index in [0.717, 1.165) is 50.4 Å². The molecule has 6 heteroatoms. The van der Waals surface area contributed by atoms with Crippen molar-refractivity contribution in [2.24, 2.45) is 11.8 Å². The average Bonchev–Trinajstić information content (AvgIpc) is 3.15. The number of likely N-dealkylation sites (tertiary alicyclic amines) is 1. The van der Waals surface area contributed by atoms with Gasteiger partial charge >= 0.3 is 0 Å². The molecular formula is C19H31N5O. The van der Waals surface area contributed by atoms with Crippen LogP contribution in [-0.4, -0.2) is 59.3 Å². The van der Waals surface area contributed by atoms with Crippen LogP contribution in [0, 0.1) is 11.8 Å². The SMILES string of the molecule is Nc1nc2c(c(N3C[C@@H](CN4CCCCCC4)[C@@H](CO)C3)n1)CCC2. The van der Waals surface area contributed by atoms with Gasteiger partial charge in [-0.25, -0.2) is 4.98 Å². The Bertz CT molecular complexity index is 600. The van der Waals surface area contributed by atoms with Gasteiger partial charge < -0.3 is 20.6 Å². The number of anilines is 2. The number of fused-ring (bicyclic) bond motifs is 1. The predicted molar refractivity (Wildman–Crippen MR) is 99.7 cm³/mol. The summed E-state index contributed by atoms with van der Waals surface area (Å²) in [7, 11) is 0. The summed E-state index contributed by atoms with van der Waals surface area (Å²) in [6, 6.07) is 0. The van der Waals surface area contributed by atoms with Gasteiger partial charge in [-0.1, -0.05) is 12.8 Å². The maximum Gasteiger partial charge on any atom is 0.222 e. The summed E-state index contributed by atoms with van der Waals surface area (Å²) in [4.78, 5) is 14.0. The Morgan fingerprint density at radius 3 is 2.48 bits per heavy atom. The molecule has 0 bridgehead atoms. The van der Waals surface area contributed by atoms with Gasteiger partial charge in [-0.3, -0.25) is 0 Å². The minimum atomic E-state index is 0.262. The second-order valence-electron chi connectivity index (χ2n) is 8.01. The fourth-order valence-corrected chi connectivity index (χ4v) is 4.87. The van der Waals surface area contributed by atoms with E-state index < -0.39 is 0 Å². The first-order chi connectivity index (χ1) is 12.2. The predicted octanol–water partition coefficient (Wildman–Crippen LogP) is 1.47. The quantitative estimate of drug-likeness (QED) is 0.860. The summed E-state index contributed by atoms with van der Waals surface area (Å²) < 4.78 is 0. The van der Waals surface area contributed by atoms with Gasteiger partial charge in [0.15, 0.2) is 0 Å². The molecule has 0 spiro atoms. The number of aliphatic hydroxyl groups is 1. The molecule has 2 fully saturated rings. The van der Waals surface area contributed by atoms with Crippen LogP contribution >= 0.6 is 0 Å². The van der Waals surface area contributed by atoms with E-state index in [-0.39, 0.29) is 6.61 Å². The van der Waals surface area contributed by atoms with Crippen LogP contribution in [-0.2, 0) is 12.8 Å². The normalized spacial score (nSPS) is 27.5. The third-order valence-electron chi connectivity index (χ3n) is 6.23. The Morgan fingerprint density at radius 2 is 1.72 bits per heavy atom. The Kier molecular flexibility index (Phi) is 5.08. The first-order valence-corrected chi connectivity index (χ1v) is 9.98.